The van der Waals surface area contributed by atoms with Gasteiger partial charge in [0.15, 0.2) is 5.69 Å². The average molecular weight is 238 g/mol. The van der Waals surface area contributed by atoms with E-state index in [2.05, 4.69) is 9.97 Å². The zero-order valence-electron chi connectivity index (χ0n) is 10.1. The molecule has 4 N–H and O–H groups in total. The van der Waals surface area contributed by atoms with Crippen LogP contribution in [0, 0.1) is 0 Å². The summed E-state index contributed by atoms with van der Waals surface area (Å²) in [7, 11) is 0. The molecule has 0 fully saturated rings. The van der Waals surface area contributed by atoms with E-state index < -0.39 is 11.4 Å². The number of nitrogens with zero attached hydrogens (tertiary/aromatic N) is 2. The van der Waals surface area contributed by atoms with Crippen LogP contribution in [0.15, 0.2) is 12.4 Å². The molecule has 1 aromatic rings. The molecule has 1 heterocycles. The second-order valence-corrected chi connectivity index (χ2v) is 3.93. The Bertz CT molecular complexity index is 391. The molecule has 17 heavy (non-hydrogen) atoms. The maximum absolute atomic E-state index is 11.1. The summed E-state index contributed by atoms with van der Waals surface area (Å²) in [6.45, 7) is 4.25. The summed E-state index contributed by atoms with van der Waals surface area (Å²) < 4.78 is 5.45. The lowest BCUT2D eigenvalue weighted by Crippen LogP contribution is -2.44. The summed E-state index contributed by atoms with van der Waals surface area (Å²) in [5, 5.41) is 0. The topological polar surface area (TPSA) is 104 Å². The molecule has 1 amide bonds. The summed E-state index contributed by atoms with van der Waals surface area (Å²) in [5.41, 5.74) is 10.9. The Labute approximate surface area is 100 Å². The third kappa shape index (κ3) is 3.39. The smallest absolute Gasteiger partial charge is 0.272 e. The van der Waals surface area contributed by atoms with Crippen LogP contribution in [-0.4, -0.2) is 28.0 Å². The van der Waals surface area contributed by atoms with E-state index in [0.717, 1.165) is 12.8 Å². The standard InChI is InChI=1S/C11H18N4O2/c1-3-11(13,4-2)7-17-10-8(9(12)16)14-5-6-15-10/h5-6H,3-4,7,13H2,1-2H3,(H2,12,16). The molecule has 6 nitrogen and oxygen atoms in total. The Balaban J connectivity index is 2.79. The molecular formula is C11H18N4O2. The Morgan fingerprint density at radius 3 is 2.47 bits per heavy atom. The van der Waals surface area contributed by atoms with Gasteiger partial charge < -0.3 is 16.2 Å². The molecule has 0 aliphatic rings. The first-order valence-electron chi connectivity index (χ1n) is 5.55. The summed E-state index contributed by atoms with van der Waals surface area (Å²) in [6.07, 6.45) is 4.38. The first-order chi connectivity index (χ1) is 8.02. The van der Waals surface area contributed by atoms with E-state index in [1.807, 2.05) is 13.8 Å². The minimum absolute atomic E-state index is 0.0297. The number of nitrogens with two attached hydrogens (primary N) is 2. The van der Waals surface area contributed by atoms with Crippen molar-refractivity contribution in [3.05, 3.63) is 18.1 Å². The molecule has 94 valence electrons. The van der Waals surface area contributed by atoms with Gasteiger partial charge >= 0.3 is 0 Å². The zero-order chi connectivity index (χ0) is 12.9. The highest BCUT2D eigenvalue weighted by Crippen LogP contribution is 2.16. The van der Waals surface area contributed by atoms with Gasteiger partial charge in [0.2, 0.25) is 5.88 Å². The lowest BCUT2D eigenvalue weighted by Gasteiger charge is -2.26. The maximum atomic E-state index is 11.1. The van der Waals surface area contributed by atoms with E-state index in [0.29, 0.717) is 0 Å². The van der Waals surface area contributed by atoms with Crippen molar-refractivity contribution < 1.29 is 9.53 Å². The van der Waals surface area contributed by atoms with Gasteiger partial charge in [-0.05, 0) is 12.8 Å². The molecule has 1 aromatic heterocycles. The fraction of sp³-hybridized carbons (Fsp3) is 0.545. The average Bonchev–Trinajstić information content (AvgIpc) is 2.36. The summed E-state index contributed by atoms with van der Waals surface area (Å²) in [4.78, 5) is 18.9. The number of carbonyl (C=O) groups is 1. The molecule has 0 aromatic carbocycles. The van der Waals surface area contributed by atoms with Gasteiger partial charge in [0.1, 0.15) is 6.61 Å². The molecule has 0 saturated carbocycles. The number of hydrogen-bond acceptors (Lipinski definition) is 5. The van der Waals surface area contributed by atoms with E-state index >= 15 is 0 Å². The Morgan fingerprint density at radius 1 is 1.35 bits per heavy atom. The van der Waals surface area contributed by atoms with Gasteiger partial charge in [0.05, 0.1) is 0 Å². The molecule has 1 rings (SSSR count). The van der Waals surface area contributed by atoms with Gasteiger partial charge in [-0.3, -0.25) is 4.79 Å². The number of ether oxygens (including phenoxy) is 1. The van der Waals surface area contributed by atoms with Crippen molar-refractivity contribution in [2.45, 2.75) is 32.2 Å². The molecular weight excluding hydrogens is 220 g/mol. The number of hydrogen-bond donors (Lipinski definition) is 2. The molecule has 0 bridgehead atoms. The van der Waals surface area contributed by atoms with Crippen LogP contribution in [0.4, 0.5) is 0 Å². The first-order valence-corrected chi connectivity index (χ1v) is 5.55. The van der Waals surface area contributed by atoms with Crippen LogP contribution in [0.2, 0.25) is 0 Å². The summed E-state index contributed by atoms with van der Waals surface area (Å²) in [6, 6.07) is 0. The van der Waals surface area contributed by atoms with Crippen molar-refractivity contribution in [1.29, 1.82) is 0 Å². The van der Waals surface area contributed by atoms with Gasteiger partial charge in [-0.1, -0.05) is 13.8 Å². The zero-order valence-corrected chi connectivity index (χ0v) is 10.1. The predicted octanol–water partition coefficient (Wildman–Crippen LogP) is 0.472. The van der Waals surface area contributed by atoms with Gasteiger partial charge in [0.25, 0.3) is 5.91 Å². The van der Waals surface area contributed by atoms with E-state index in [1.165, 1.54) is 12.4 Å². The van der Waals surface area contributed by atoms with Crippen molar-refractivity contribution in [2.24, 2.45) is 11.5 Å². The Morgan fingerprint density at radius 2 is 1.94 bits per heavy atom. The number of amides is 1. The predicted molar refractivity (Wildman–Crippen MR) is 63.5 cm³/mol. The maximum Gasteiger partial charge on any atom is 0.272 e. The summed E-state index contributed by atoms with van der Waals surface area (Å²) in [5.74, 6) is -0.527. The van der Waals surface area contributed by atoms with Crippen molar-refractivity contribution >= 4 is 5.91 Å². The van der Waals surface area contributed by atoms with Crippen LogP contribution < -0.4 is 16.2 Å². The van der Waals surface area contributed by atoms with Gasteiger partial charge in [-0.15, -0.1) is 0 Å². The normalized spacial score (nSPS) is 11.2. The van der Waals surface area contributed by atoms with Gasteiger partial charge in [0, 0.05) is 17.9 Å². The monoisotopic (exact) mass is 238 g/mol. The second-order valence-electron chi connectivity index (χ2n) is 3.93. The third-order valence-corrected chi connectivity index (χ3v) is 2.80. The SMILES string of the molecule is CCC(N)(CC)COc1nccnc1C(N)=O. The van der Waals surface area contributed by atoms with E-state index in [1.54, 1.807) is 0 Å². The number of aromatic nitrogens is 2. The Hall–Kier alpha value is -1.69. The van der Waals surface area contributed by atoms with Crippen LogP contribution >= 0.6 is 0 Å². The molecule has 0 unspecified atom stereocenters. The molecule has 0 aliphatic carbocycles. The van der Waals surface area contributed by atoms with Crippen molar-refractivity contribution in [3.8, 4) is 5.88 Å². The molecule has 6 heteroatoms. The minimum Gasteiger partial charge on any atom is -0.474 e. The van der Waals surface area contributed by atoms with Gasteiger partial charge in [-0.2, -0.15) is 0 Å². The molecule has 0 atom stereocenters. The van der Waals surface area contributed by atoms with Crippen LogP contribution in [0.25, 0.3) is 0 Å². The van der Waals surface area contributed by atoms with Crippen LogP contribution in [0.3, 0.4) is 0 Å². The second kappa shape index (κ2) is 5.58. The molecule has 0 radical (unpaired) electrons. The van der Waals surface area contributed by atoms with Crippen LogP contribution in [0.1, 0.15) is 37.2 Å². The number of primary amides is 1. The van der Waals surface area contributed by atoms with Crippen molar-refractivity contribution in [3.63, 3.8) is 0 Å². The number of rotatable bonds is 6. The molecule has 0 aliphatic heterocycles. The fourth-order valence-corrected chi connectivity index (χ4v) is 1.27. The Kier molecular flexibility index (Phi) is 4.39. The lowest BCUT2D eigenvalue weighted by molar-refractivity contribution is 0.0987. The van der Waals surface area contributed by atoms with E-state index in [4.69, 9.17) is 16.2 Å². The molecule has 0 spiro atoms. The van der Waals surface area contributed by atoms with E-state index in [9.17, 15) is 4.79 Å². The summed E-state index contributed by atoms with van der Waals surface area (Å²) >= 11 is 0. The quantitative estimate of drug-likeness (QED) is 0.749. The van der Waals surface area contributed by atoms with Gasteiger partial charge in [-0.25, -0.2) is 9.97 Å². The largest absolute Gasteiger partial charge is 0.474 e. The van der Waals surface area contributed by atoms with Crippen LogP contribution in [-0.2, 0) is 0 Å². The van der Waals surface area contributed by atoms with Crippen LogP contribution in [0.5, 0.6) is 5.88 Å². The highest BCUT2D eigenvalue weighted by Gasteiger charge is 2.23. The lowest BCUT2D eigenvalue weighted by atomic mass is 9.96. The highest BCUT2D eigenvalue weighted by atomic mass is 16.5. The van der Waals surface area contributed by atoms with Crippen molar-refractivity contribution in [2.75, 3.05) is 6.61 Å². The number of carbonyl (C=O) groups excluding carboxylic acids is 1. The first kappa shape index (κ1) is 13.4. The van der Waals surface area contributed by atoms with Crippen molar-refractivity contribution in [1.82, 2.24) is 9.97 Å². The minimum atomic E-state index is -0.663. The van der Waals surface area contributed by atoms with E-state index in [-0.39, 0.29) is 18.2 Å². The fourth-order valence-electron chi connectivity index (χ4n) is 1.27. The highest BCUT2D eigenvalue weighted by molar-refractivity contribution is 5.92. The molecule has 0 saturated heterocycles. The third-order valence-electron chi connectivity index (χ3n) is 2.80.